The van der Waals surface area contributed by atoms with E-state index in [-0.39, 0.29) is 6.10 Å². The van der Waals surface area contributed by atoms with E-state index in [2.05, 4.69) is 11.1 Å². The van der Waals surface area contributed by atoms with Crippen molar-refractivity contribution in [3.05, 3.63) is 23.6 Å². The highest BCUT2D eigenvalue weighted by Crippen LogP contribution is 2.36. The highest BCUT2D eigenvalue weighted by molar-refractivity contribution is 5.82. The molecule has 0 radical (unpaired) electrons. The van der Waals surface area contributed by atoms with Gasteiger partial charge in [0.1, 0.15) is 11.9 Å². The topological polar surface area (TPSA) is 30.8 Å². The minimum Gasteiger partial charge on any atom is -0.469 e. The second-order valence-corrected chi connectivity index (χ2v) is 3.54. The number of aliphatic imine (C=N–C) groups is 1. The van der Waals surface area contributed by atoms with E-state index in [1.54, 1.807) is 0 Å². The zero-order valence-electron chi connectivity index (χ0n) is 7.27. The molecule has 0 aromatic heterocycles. The first-order valence-corrected chi connectivity index (χ1v) is 4.63. The fourth-order valence-electron chi connectivity index (χ4n) is 2.14. The third-order valence-electron chi connectivity index (χ3n) is 2.82. The minimum absolute atomic E-state index is 0.198. The monoisotopic (exact) mass is 177 g/mol. The van der Waals surface area contributed by atoms with Crippen LogP contribution in [0.15, 0.2) is 28.6 Å². The van der Waals surface area contributed by atoms with Crippen LogP contribution in [0.1, 0.15) is 12.8 Å². The van der Waals surface area contributed by atoms with Crippen molar-refractivity contribution < 1.29 is 9.47 Å². The van der Waals surface area contributed by atoms with Crippen LogP contribution in [0.3, 0.4) is 0 Å². The van der Waals surface area contributed by atoms with Crippen LogP contribution in [0.25, 0.3) is 0 Å². The Hall–Kier alpha value is -1.09. The molecular weight excluding hydrogens is 166 g/mol. The second-order valence-electron chi connectivity index (χ2n) is 3.54. The summed E-state index contributed by atoms with van der Waals surface area (Å²) in [5.41, 5.74) is 1.22. The molecule has 2 atom stereocenters. The summed E-state index contributed by atoms with van der Waals surface area (Å²) in [6.45, 7) is 0.410. The van der Waals surface area contributed by atoms with E-state index in [0.717, 1.165) is 18.6 Å². The largest absolute Gasteiger partial charge is 0.469 e. The fraction of sp³-hybridized carbons (Fsp3) is 0.500. The Morgan fingerprint density at radius 2 is 2.38 bits per heavy atom. The van der Waals surface area contributed by atoms with Crippen molar-refractivity contribution in [2.45, 2.75) is 18.9 Å². The predicted octanol–water partition coefficient (Wildman–Crippen LogP) is 1.62. The maximum atomic E-state index is 5.46. The summed E-state index contributed by atoms with van der Waals surface area (Å²) >= 11 is 0. The standard InChI is InChI=1S/C10H11NO2/c1-2-9-10(13-6-12-9)8-5-11-4-3-7(1)8/h3-5,7,9H,1-2,6H2. The molecule has 1 aliphatic carbocycles. The average Bonchev–Trinajstić information content (AvgIpc) is 2.65. The fourth-order valence-corrected chi connectivity index (χ4v) is 2.14. The van der Waals surface area contributed by atoms with Gasteiger partial charge in [0, 0.05) is 23.9 Å². The highest BCUT2D eigenvalue weighted by atomic mass is 16.7. The molecule has 2 aliphatic heterocycles. The van der Waals surface area contributed by atoms with Crippen molar-refractivity contribution in [1.82, 2.24) is 0 Å². The van der Waals surface area contributed by atoms with Crippen molar-refractivity contribution in [3.8, 4) is 0 Å². The van der Waals surface area contributed by atoms with Crippen molar-refractivity contribution in [3.63, 3.8) is 0 Å². The van der Waals surface area contributed by atoms with Crippen molar-refractivity contribution in [1.29, 1.82) is 0 Å². The van der Waals surface area contributed by atoms with Crippen molar-refractivity contribution in [2.24, 2.45) is 10.9 Å². The number of rotatable bonds is 0. The zero-order valence-corrected chi connectivity index (χ0v) is 7.27. The van der Waals surface area contributed by atoms with Gasteiger partial charge < -0.3 is 9.47 Å². The smallest absolute Gasteiger partial charge is 0.189 e. The van der Waals surface area contributed by atoms with E-state index in [1.165, 1.54) is 5.57 Å². The molecule has 3 rings (SSSR count). The quantitative estimate of drug-likeness (QED) is 0.563. The summed E-state index contributed by atoms with van der Waals surface area (Å²) in [5.74, 6) is 1.52. The molecule has 0 N–H and O–H groups in total. The molecule has 2 heterocycles. The Bertz CT molecular complexity index is 317. The highest BCUT2D eigenvalue weighted by Gasteiger charge is 2.34. The SMILES string of the molecule is C1=CC2CCC3OCOC3=C2C=N1. The van der Waals surface area contributed by atoms with Gasteiger partial charge in [-0.25, -0.2) is 0 Å². The van der Waals surface area contributed by atoms with E-state index < -0.39 is 0 Å². The van der Waals surface area contributed by atoms with E-state index in [9.17, 15) is 0 Å². The van der Waals surface area contributed by atoms with Gasteiger partial charge in [0.2, 0.25) is 0 Å². The first-order valence-electron chi connectivity index (χ1n) is 4.63. The maximum Gasteiger partial charge on any atom is 0.189 e. The Labute approximate surface area is 76.7 Å². The molecule has 0 aromatic carbocycles. The van der Waals surface area contributed by atoms with Gasteiger partial charge in [0.15, 0.2) is 6.79 Å². The van der Waals surface area contributed by atoms with Crippen LogP contribution in [0.4, 0.5) is 0 Å². The van der Waals surface area contributed by atoms with Crippen LogP contribution in [-0.4, -0.2) is 19.1 Å². The van der Waals surface area contributed by atoms with E-state index in [1.807, 2.05) is 12.4 Å². The van der Waals surface area contributed by atoms with Crippen LogP contribution in [0.2, 0.25) is 0 Å². The minimum atomic E-state index is 0.198. The van der Waals surface area contributed by atoms with Crippen molar-refractivity contribution >= 4 is 6.21 Å². The van der Waals surface area contributed by atoms with Gasteiger partial charge in [-0.2, -0.15) is 0 Å². The summed E-state index contributed by atoms with van der Waals surface area (Å²) in [5, 5.41) is 0. The van der Waals surface area contributed by atoms with Crippen LogP contribution < -0.4 is 0 Å². The molecule has 3 nitrogen and oxygen atoms in total. The first kappa shape index (κ1) is 7.33. The molecule has 1 fully saturated rings. The lowest BCUT2D eigenvalue weighted by Crippen LogP contribution is -2.22. The first-order chi connectivity index (χ1) is 6.45. The summed E-state index contributed by atoms with van der Waals surface area (Å²) in [7, 11) is 0. The van der Waals surface area contributed by atoms with E-state index in [4.69, 9.17) is 9.47 Å². The van der Waals surface area contributed by atoms with Crippen LogP contribution in [-0.2, 0) is 9.47 Å². The number of hydrogen-bond acceptors (Lipinski definition) is 3. The number of fused-ring (bicyclic) bond motifs is 2. The molecule has 1 saturated heterocycles. The number of hydrogen-bond donors (Lipinski definition) is 0. The third kappa shape index (κ3) is 1.04. The summed E-state index contributed by atoms with van der Waals surface area (Å²) in [6.07, 6.45) is 8.33. The van der Waals surface area contributed by atoms with Gasteiger partial charge in [-0.05, 0) is 12.8 Å². The molecule has 0 bridgehead atoms. The lowest BCUT2D eigenvalue weighted by Gasteiger charge is -2.25. The molecule has 0 saturated carbocycles. The lowest BCUT2D eigenvalue weighted by atomic mass is 9.85. The van der Waals surface area contributed by atoms with Gasteiger partial charge in [-0.3, -0.25) is 4.99 Å². The molecule has 3 aliphatic rings. The van der Waals surface area contributed by atoms with Crippen molar-refractivity contribution in [2.75, 3.05) is 6.79 Å². The Morgan fingerprint density at radius 1 is 1.38 bits per heavy atom. The number of allylic oxidation sites excluding steroid dienone is 2. The van der Waals surface area contributed by atoms with Gasteiger partial charge in [0.05, 0.1) is 0 Å². The second kappa shape index (κ2) is 2.70. The molecular formula is C10H11NO2. The Balaban J connectivity index is 2.05. The average molecular weight is 177 g/mol. The normalized spacial score (nSPS) is 35.7. The third-order valence-corrected chi connectivity index (χ3v) is 2.82. The Kier molecular flexibility index (Phi) is 1.52. The lowest BCUT2D eigenvalue weighted by molar-refractivity contribution is 0.0467. The van der Waals surface area contributed by atoms with E-state index >= 15 is 0 Å². The molecule has 68 valence electrons. The molecule has 0 aromatic rings. The molecule has 3 heteroatoms. The zero-order chi connectivity index (χ0) is 8.67. The van der Waals surface area contributed by atoms with Gasteiger partial charge >= 0.3 is 0 Å². The summed E-state index contributed by atoms with van der Waals surface area (Å²) in [4.78, 5) is 4.12. The summed E-state index contributed by atoms with van der Waals surface area (Å²) < 4.78 is 10.9. The molecule has 13 heavy (non-hydrogen) atoms. The maximum absolute atomic E-state index is 5.46. The van der Waals surface area contributed by atoms with Crippen LogP contribution in [0.5, 0.6) is 0 Å². The van der Waals surface area contributed by atoms with Crippen LogP contribution in [0, 0.1) is 5.92 Å². The molecule has 0 amide bonds. The number of nitrogens with zero attached hydrogens (tertiary/aromatic N) is 1. The van der Waals surface area contributed by atoms with E-state index in [0.29, 0.717) is 12.7 Å². The molecule has 0 spiro atoms. The summed E-state index contributed by atoms with van der Waals surface area (Å²) in [6, 6.07) is 0. The Morgan fingerprint density at radius 3 is 3.38 bits per heavy atom. The van der Waals surface area contributed by atoms with Gasteiger partial charge in [-0.15, -0.1) is 0 Å². The van der Waals surface area contributed by atoms with Gasteiger partial charge in [0.25, 0.3) is 0 Å². The van der Waals surface area contributed by atoms with Crippen LogP contribution >= 0.6 is 0 Å². The number of ether oxygens (including phenoxy) is 2. The van der Waals surface area contributed by atoms with Gasteiger partial charge in [-0.1, -0.05) is 6.08 Å². The molecule has 2 unspecified atom stereocenters. The predicted molar refractivity (Wildman–Crippen MR) is 48.2 cm³/mol.